The highest BCUT2D eigenvalue weighted by atomic mass is 28.3. The Balaban J connectivity index is 1.27. The maximum atomic E-state index is 5.95. The Hall–Kier alpha value is -3.10. The number of rotatable bonds is 9. The Labute approximate surface area is 202 Å². The van der Waals surface area contributed by atoms with Crippen LogP contribution in [0.5, 0.6) is 0 Å². The van der Waals surface area contributed by atoms with Crippen molar-refractivity contribution in [1.29, 1.82) is 0 Å². The van der Waals surface area contributed by atoms with E-state index in [9.17, 15) is 0 Å². The first-order valence-electron chi connectivity index (χ1n) is 12.0. The number of aromatic nitrogens is 4. The van der Waals surface area contributed by atoms with E-state index in [1.807, 2.05) is 28.0 Å². The summed E-state index contributed by atoms with van der Waals surface area (Å²) in [7, 11) is -1.09. The molecule has 7 nitrogen and oxygen atoms in total. The van der Waals surface area contributed by atoms with Crippen molar-refractivity contribution >= 4 is 19.0 Å². The van der Waals surface area contributed by atoms with Gasteiger partial charge in [-0.05, 0) is 35.7 Å². The third-order valence-corrected chi connectivity index (χ3v) is 8.12. The number of benzene rings is 1. The molecule has 8 heteroatoms. The highest BCUT2D eigenvalue weighted by molar-refractivity contribution is 6.76. The lowest BCUT2D eigenvalue weighted by molar-refractivity contribution is 0.0817. The molecular weight excluding hydrogens is 440 g/mol. The van der Waals surface area contributed by atoms with E-state index < -0.39 is 8.07 Å². The number of hydrogen-bond acceptors (Lipinski definition) is 5. The summed E-state index contributed by atoms with van der Waals surface area (Å²) in [5, 5.41) is 7.94. The van der Waals surface area contributed by atoms with Gasteiger partial charge in [0.1, 0.15) is 13.4 Å². The first kappa shape index (κ1) is 22.7. The Morgan fingerprint density at radius 1 is 1.21 bits per heavy atom. The number of nitrogens with zero attached hydrogens (tertiary/aromatic N) is 5. The van der Waals surface area contributed by atoms with Crippen LogP contribution in [-0.4, -0.2) is 39.0 Å². The summed E-state index contributed by atoms with van der Waals surface area (Å²) >= 11 is 0. The molecule has 1 aliphatic heterocycles. The second-order valence-corrected chi connectivity index (χ2v) is 16.1. The molecule has 0 spiro atoms. The number of allylic oxidation sites excluding steroid dienone is 4. The van der Waals surface area contributed by atoms with Crippen LogP contribution in [0.25, 0.3) is 10.9 Å². The Kier molecular flexibility index (Phi) is 6.18. The van der Waals surface area contributed by atoms with Crippen molar-refractivity contribution in [1.82, 2.24) is 29.8 Å². The largest absolute Gasteiger partial charge is 0.360 e. The molecule has 1 atom stereocenters. The van der Waals surface area contributed by atoms with Gasteiger partial charge >= 0.3 is 0 Å². The zero-order valence-electron chi connectivity index (χ0n) is 20.5. The Morgan fingerprint density at radius 2 is 2.09 bits per heavy atom. The lowest BCUT2D eigenvalue weighted by Gasteiger charge is -2.20. The minimum atomic E-state index is -1.09. The zero-order chi connectivity index (χ0) is 23.7. The molecule has 178 valence electrons. The van der Waals surface area contributed by atoms with Gasteiger partial charge in [-0.15, -0.1) is 0 Å². The van der Waals surface area contributed by atoms with Gasteiger partial charge < -0.3 is 9.30 Å². The highest BCUT2D eigenvalue weighted by Crippen LogP contribution is 2.33. The third-order valence-electron chi connectivity index (χ3n) is 6.41. The van der Waals surface area contributed by atoms with Crippen molar-refractivity contribution in [3.63, 3.8) is 0 Å². The molecule has 3 heterocycles. The number of nitrogens with one attached hydrogen (secondary N) is 1. The summed E-state index contributed by atoms with van der Waals surface area (Å²) in [6.45, 7) is 11.4. The molecular formula is C26H34N6OSi. The van der Waals surface area contributed by atoms with Crippen LogP contribution in [0.1, 0.15) is 12.5 Å². The topological polar surface area (TPSA) is 60.1 Å². The number of hydrogen-bond donors (Lipinski definition) is 1. The van der Waals surface area contributed by atoms with Gasteiger partial charge in [-0.2, -0.15) is 5.10 Å². The van der Waals surface area contributed by atoms with Gasteiger partial charge in [-0.25, -0.2) is 9.67 Å². The molecule has 3 aromatic rings. The molecule has 0 saturated heterocycles. The predicted octanol–water partition coefficient (Wildman–Crippen LogP) is 4.91. The van der Waals surface area contributed by atoms with Gasteiger partial charge in [0.05, 0.1) is 23.7 Å². The molecule has 0 saturated carbocycles. The molecule has 0 fully saturated rings. The van der Waals surface area contributed by atoms with Crippen molar-refractivity contribution in [2.75, 3.05) is 6.61 Å². The molecule has 2 aliphatic rings. The van der Waals surface area contributed by atoms with E-state index in [0.717, 1.165) is 25.2 Å². The smallest absolute Gasteiger partial charge is 0.139 e. The Morgan fingerprint density at radius 3 is 2.88 bits per heavy atom. The first-order chi connectivity index (χ1) is 16.4. The van der Waals surface area contributed by atoms with Gasteiger partial charge in [0.15, 0.2) is 0 Å². The summed E-state index contributed by atoms with van der Waals surface area (Å²) in [5.74, 6) is 0.358. The van der Waals surface area contributed by atoms with E-state index >= 15 is 0 Å². The maximum absolute atomic E-state index is 5.95. The standard InChI is InChI=1S/C26H34N6OSi/c1-20-12-21(14-25-24(20)16-31(29-25)18-30-9-8-27-17-30)13-22-6-5-7-26-23(22)15-28-32(26)19-33-10-11-34(2,3)4/h5-9,12,14-17,20,29H,10-11,13,18-19H2,1-4H3. The molecule has 0 amide bonds. The number of fused-ring (bicyclic) bond motifs is 2. The molecule has 0 radical (unpaired) electrons. The predicted molar refractivity (Wildman–Crippen MR) is 138 cm³/mol. The van der Waals surface area contributed by atoms with E-state index in [1.54, 1.807) is 6.20 Å². The summed E-state index contributed by atoms with van der Waals surface area (Å²) < 4.78 is 9.98. The van der Waals surface area contributed by atoms with E-state index in [0.29, 0.717) is 12.6 Å². The molecule has 0 bridgehead atoms. The fourth-order valence-electron chi connectivity index (χ4n) is 4.51. The van der Waals surface area contributed by atoms with Crippen LogP contribution in [0.2, 0.25) is 25.7 Å². The van der Waals surface area contributed by atoms with Gasteiger partial charge in [-0.3, -0.25) is 10.4 Å². The zero-order valence-corrected chi connectivity index (χ0v) is 21.5. The van der Waals surface area contributed by atoms with Crippen molar-refractivity contribution in [3.8, 4) is 0 Å². The Bertz CT molecular complexity index is 1250. The SMILES string of the molecule is CC1C=C(Cc2cccc3c2cnn3COCC[Si](C)(C)C)C=C2NN(Cn3ccnc3)C=C21. The second-order valence-electron chi connectivity index (χ2n) is 10.5. The molecule has 1 aromatic carbocycles. The summed E-state index contributed by atoms with van der Waals surface area (Å²) in [6.07, 6.45) is 15.3. The minimum Gasteiger partial charge on any atom is -0.360 e. The molecule has 2 aromatic heterocycles. The minimum absolute atomic E-state index is 0.358. The lowest BCUT2D eigenvalue weighted by atomic mass is 9.88. The van der Waals surface area contributed by atoms with E-state index in [2.05, 4.69) is 83.6 Å². The van der Waals surface area contributed by atoms with Crippen LogP contribution in [-0.2, 0) is 24.6 Å². The van der Waals surface area contributed by atoms with Crippen LogP contribution in [0.4, 0.5) is 0 Å². The fourth-order valence-corrected chi connectivity index (χ4v) is 5.27. The quantitative estimate of drug-likeness (QED) is 0.353. The molecule has 1 aliphatic carbocycles. The number of imidazole rings is 1. The lowest BCUT2D eigenvalue weighted by Crippen LogP contribution is -2.30. The fraction of sp³-hybridized carbons (Fsp3) is 0.385. The maximum Gasteiger partial charge on any atom is 0.139 e. The van der Waals surface area contributed by atoms with Crippen LogP contribution >= 0.6 is 0 Å². The van der Waals surface area contributed by atoms with Crippen LogP contribution in [0.3, 0.4) is 0 Å². The van der Waals surface area contributed by atoms with Gasteiger partial charge in [0.25, 0.3) is 0 Å². The van der Waals surface area contributed by atoms with Gasteiger partial charge in [0.2, 0.25) is 0 Å². The summed E-state index contributed by atoms with van der Waals surface area (Å²) in [6, 6.07) is 7.65. The van der Waals surface area contributed by atoms with Crippen LogP contribution in [0, 0.1) is 5.92 Å². The number of hydrazine groups is 1. The van der Waals surface area contributed by atoms with E-state index in [1.165, 1.54) is 33.8 Å². The number of ether oxygens (including phenoxy) is 1. The molecule has 34 heavy (non-hydrogen) atoms. The first-order valence-corrected chi connectivity index (χ1v) is 15.7. The van der Waals surface area contributed by atoms with Gasteiger partial charge in [0, 0.05) is 50.2 Å². The van der Waals surface area contributed by atoms with E-state index in [-0.39, 0.29) is 0 Å². The second kappa shape index (κ2) is 9.27. The third kappa shape index (κ3) is 5.03. The highest BCUT2D eigenvalue weighted by Gasteiger charge is 2.25. The average molecular weight is 475 g/mol. The van der Waals surface area contributed by atoms with Crippen molar-refractivity contribution < 1.29 is 4.74 Å². The summed E-state index contributed by atoms with van der Waals surface area (Å²) in [5.41, 5.74) is 9.80. The molecule has 1 unspecified atom stereocenters. The molecule has 1 N–H and O–H groups in total. The summed E-state index contributed by atoms with van der Waals surface area (Å²) in [4.78, 5) is 4.14. The van der Waals surface area contributed by atoms with Gasteiger partial charge in [-0.1, -0.05) is 44.8 Å². The van der Waals surface area contributed by atoms with Crippen molar-refractivity contribution in [3.05, 3.63) is 83.9 Å². The van der Waals surface area contributed by atoms with Crippen LogP contribution < -0.4 is 5.43 Å². The monoisotopic (exact) mass is 474 g/mol. The van der Waals surface area contributed by atoms with Crippen molar-refractivity contribution in [2.24, 2.45) is 5.92 Å². The molecule has 5 rings (SSSR count). The normalized spacial score (nSPS) is 17.9. The van der Waals surface area contributed by atoms with E-state index in [4.69, 9.17) is 4.74 Å². The average Bonchev–Trinajstić information content (AvgIpc) is 3.51. The van der Waals surface area contributed by atoms with Crippen LogP contribution in [0.15, 0.2) is 78.3 Å². The van der Waals surface area contributed by atoms with Crippen molar-refractivity contribution in [2.45, 2.75) is 52.4 Å².